The second-order valence-corrected chi connectivity index (χ2v) is 9.40. The third-order valence-corrected chi connectivity index (χ3v) is 6.83. The highest BCUT2D eigenvalue weighted by Gasteiger charge is 2.33. The number of methoxy groups -OCH3 is 1. The molecule has 1 fully saturated rings. The number of carbonyl (C=O) groups is 2. The first-order chi connectivity index (χ1) is 19.0. The zero-order valence-corrected chi connectivity index (χ0v) is 21.6. The van der Waals surface area contributed by atoms with Crippen molar-refractivity contribution < 1.29 is 23.5 Å². The molecule has 0 radical (unpaired) electrons. The number of hydrogen-bond donors (Lipinski definition) is 1. The van der Waals surface area contributed by atoms with Crippen molar-refractivity contribution in [3.05, 3.63) is 89.7 Å². The van der Waals surface area contributed by atoms with Crippen molar-refractivity contribution in [1.82, 2.24) is 25.2 Å². The molecule has 1 aliphatic heterocycles. The lowest BCUT2D eigenvalue weighted by Crippen LogP contribution is -2.46. The molecule has 9 nitrogen and oxygen atoms in total. The van der Waals surface area contributed by atoms with Crippen molar-refractivity contribution in [2.24, 2.45) is 0 Å². The predicted octanol–water partition coefficient (Wildman–Crippen LogP) is 3.64. The molecule has 5 rings (SSSR count). The summed E-state index contributed by atoms with van der Waals surface area (Å²) in [5.41, 5.74) is 2.55. The Morgan fingerprint density at radius 3 is 2.67 bits per heavy atom. The van der Waals surface area contributed by atoms with Gasteiger partial charge < -0.3 is 19.7 Å². The van der Waals surface area contributed by atoms with Crippen molar-refractivity contribution in [2.75, 3.05) is 20.3 Å². The largest absolute Gasteiger partial charge is 0.496 e. The molecule has 3 aromatic carbocycles. The van der Waals surface area contributed by atoms with Gasteiger partial charge in [0.1, 0.15) is 29.7 Å². The molecule has 1 N–H and O–H groups in total. The second-order valence-electron chi connectivity index (χ2n) is 9.40. The van der Waals surface area contributed by atoms with Crippen LogP contribution in [0.1, 0.15) is 30.0 Å². The number of para-hydroxylation sites is 2. The van der Waals surface area contributed by atoms with E-state index in [1.165, 1.54) is 33.8 Å². The Balaban J connectivity index is 1.51. The Morgan fingerprint density at radius 2 is 1.90 bits per heavy atom. The number of nitrogens with zero attached hydrogens (tertiary/aromatic N) is 4. The van der Waals surface area contributed by atoms with Crippen molar-refractivity contribution in [1.29, 1.82) is 0 Å². The van der Waals surface area contributed by atoms with Gasteiger partial charge in [0.25, 0.3) is 0 Å². The van der Waals surface area contributed by atoms with Crippen LogP contribution in [0.2, 0.25) is 0 Å². The minimum absolute atomic E-state index is 0.0743. The van der Waals surface area contributed by atoms with Crippen LogP contribution in [0.15, 0.2) is 72.8 Å². The van der Waals surface area contributed by atoms with Gasteiger partial charge in [-0.3, -0.25) is 9.59 Å². The minimum atomic E-state index is -1.04. The van der Waals surface area contributed by atoms with Gasteiger partial charge in [0.2, 0.25) is 11.8 Å². The first-order valence-electron chi connectivity index (χ1n) is 12.9. The summed E-state index contributed by atoms with van der Waals surface area (Å²) in [6.45, 7) is 0.907. The maximum atomic E-state index is 14.0. The summed E-state index contributed by atoms with van der Waals surface area (Å²) in [6.07, 6.45) is 1.71. The summed E-state index contributed by atoms with van der Waals surface area (Å²) in [6, 6.07) is 19.2. The number of aromatic nitrogens is 3. The van der Waals surface area contributed by atoms with E-state index < -0.39 is 11.9 Å². The maximum Gasteiger partial charge on any atom is 0.247 e. The number of carbonyl (C=O) groups excluding carboxylic acids is 2. The molecule has 0 bridgehead atoms. The summed E-state index contributed by atoms with van der Waals surface area (Å²) in [5.74, 6) is -0.602. The van der Waals surface area contributed by atoms with E-state index in [0.29, 0.717) is 35.5 Å². The molecule has 2 unspecified atom stereocenters. The van der Waals surface area contributed by atoms with Crippen LogP contribution in [0.5, 0.6) is 5.75 Å². The molecule has 1 aromatic heterocycles. The summed E-state index contributed by atoms with van der Waals surface area (Å²) in [7, 11) is 1.55. The number of fused-ring (bicyclic) bond motifs is 1. The smallest absolute Gasteiger partial charge is 0.247 e. The van der Waals surface area contributed by atoms with Crippen molar-refractivity contribution >= 4 is 22.8 Å². The third-order valence-electron chi connectivity index (χ3n) is 6.83. The van der Waals surface area contributed by atoms with Gasteiger partial charge in [0.15, 0.2) is 0 Å². The van der Waals surface area contributed by atoms with Crippen LogP contribution in [0.4, 0.5) is 4.39 Å². The lowest BCUT2D eigenvalue weighted by atomic mass is 10.0. The van der Waals surface area contributed by atoms with Gasteiger partial charge in [0, 0.05) is 18.7 Å². The van der Waals surface area contributed by atoms with Gasteiger partial charge in [-0.15, -0.1) is 5.10 Å². The molecule has 2 atom stereocenters. The summed E-state index contributed by atoms with van der Waals surface area (Å²) < 4.78 is 26.6. The highest BCUT2D eigenvalue weighted by Crippen LogP contribution is 2.28. The Kier molecular flexibility index (Phi) is 8.12. The second kappa shape index (κ2) is 12.0. The number of ether oxygens (including phenoxy) is 2. The molecule has 1 aliphatic rings. The van der Waals surface area contributed by atoms with Crippen LogP contribution in [0.25, 0.3) is 11.0 Å². The topological polar surface area (TPSA) is 98.6 Å². The van der Waals surface area contributed by atoms with Gasteiger partial charge in [-0.1, -0.05) is 47.7 Å². The Labute approximate surface area is 225 Å². The van der Waals surface area contributed by atoms with E-state index in [-0.39, 0.29) is 31.0 Å². The molecule has 4 aromatic rings. The van der Waals surface area contributed by atoms with Crippen LogP contribution in [0.3, 0.4) is 0 Å². The highest BCUT2D eigenvalue weighted by molar-refractivity contribution is 5.89. The lowest BCUT2D eigenvalue weighted by Gasteiger charge is -2.32. The molecule has 2 amide bonds. The number of amides is 2. The Bertz CT molecular complexity index is 1440. The average Bonchev–Trinajstić information content (AvgIpc) is 3.63. The molecular weight excluding hydrogens is 501 g/mol. The summed E-state index contributed by atoms with van der Waals surface area (Å²) in [5, 5.41) is 11.3. The quantitative estimate of drug-likeness (QED) is 0.336. The maximum absolute atomic E-state index is 14.0. The first kappa shape index (κ1) is 26.3. The number of rotatable bonds is 10. The molecule has 1 saturated heterocycles. The molecule has 2 heterocycles. The number of hydrogen-bond acceptors (Lipinski definition) is 6. The molecule has 0 saturated carbocycles. The molecule has 10 heteroatoms. The predicted molar refractivity (Wildman–Crippen MR) is 142 cm³/mol. The molecule has 0 aliphatic carbocycles. The average molecular weight is 532 g/mol. The molecular formula is C29H30FN5O4. The molecule has 39 heavy (non-hydrogen) atoms. The highest BCUT2D eigenvalue weighted by atomic mass is 19.1. The molecule has 202 valence electrons. The van der Waals surface area contributed by atoms with Gasteiger partial charge in [-0.2, -0.15) is 0 Å². The number of benzene rings is 3. The minimum Gasteiger partial charge on any atom is -0.496 e. The fraction of sp³-hybridized carbons (Fsp3) is 0.310. The summed E-state index contributed by atoms with van der Waals surface area (Å²) >= 11 is 0. The van der Waals surface area contributed by atoms with E-state index >= 15 is 0 Å². The normalized spacial score (nSPS) is 15.7. The van der Waals surface area contributed by atoms with Gasteiger partial charge in [-0.05, 0) is 48.7 Å². The zero-order valence-electron chi connectivity index (χ0n) is 21.6. The standard InChI is InChI=1S/C29H30FN5O4/c1-38-26-11-5-2-7-21(26)18-34(27(36)19-35-25-10-4-3-9-24(25)32-33-35)28(20-12-14-22(30)15-13-20)29(37)31-17-23-8-6-16-39-23/h2-5,7,9-15,23,28H,6,8,16-19H2,1H3,(H,31,37). The van der Waals surface area contributed by atoms with Crippen LogP contribution in [-0.4, -0.2) is 58.1 Å². The molecule has 0 spiro atoms. The monoisotopic (exact) mass is 531 g/mol. The fourth-order valence-electron chi connectivity index (χ4n) is 4.83. The van der Waals surface area contributed by atoms with Crippen LogP contribution < -0.4 is 10.1 Å². The number of halogens is 1. The zero-order chi connectivity index (χ0) is 27.2. The van der Waals surface area contributed by atoms with Crippen LogP contribution in [-0.2, 0) is 27.4 Å². The van der Waals surface area contributed by atoms with E-state index in [9.17, 15) is 14.0 Å². The van der Waals surface area contributed by atoms with Crippen molar-refractivity contribution in [3.63, 3.8) is 0 Å². The van der Waals surface area contributed by atoms with E-state index in [1.807, 2.05) is 42.5 Å². The van der Waals surface area contributed by atoms with Gasteiger partial charge in [0.05, 0.1) is 25.3 Å². The van der Waals surface area contributed by atoms with Crippen LogP contribution in [0, 0.1) is 5.82 Å². The van der Waals surface area contributed by atoms with Crippen molar-refractivity contribution in [2.45, 2.75) is 38.1 Å². The fourth-order valence-corrected chi connectivity index (χ4v) is 4.83. The van der Waals surface area contributed by atoms with E-state index in [4.69, 9.17) is 9.47 Å². The summed E-state index contributed by atoms with van der Waals surface area (Å²) in [4.78, 5) is 29.3. The van der Waals surface area contributed by atoms with Gasteiger partial charge in [-0.25, -0.2) is 9.07 Å². The Morgan fingerprint density at radius 1 is 1.13 bits per heavy atom. The SMILES string of the molecule is COc1ccccc1CN(C(=O)Cn1nnc2ccccc21)C(C(=O)NCC1CCCO1)c1ccc(F)cc1. The first-order valence-corrected chi connectivity index (χ1v) is 12.9. The van der Waals surface area contributed by atoms with E-state index in [1.54, 1.807) is 13.2 Å². The third kappa shape index (κ3) is 6.06. The van der Waals surface area contributed by atoms with E-state index in [0.717, 1.165) is 18.4 Å². The van der Waals surface area contributed by atoms with Gasteiger partial charge >= 0.3 is 0 Å². The van der Waals surface area contributed by atoms with Crippen molar-refractivity contribution in [3.8, 4) is 5.75 Å². The lowest BCUT2D eigenvalue weighted by molar-refractivity contribution is -0.142. The van der Waals surface area contributed by atoms with E-state index in [2.05, 4.69) is 15.6 Å². The Hall–Kier alpha value is -4.31. The van der Waals surface area contributed by atoms with Crippen LogP contribution >= 0.6 is 0 Å². The number of nitrogens with one attached hydrogen (secondary N) is 1.